The summed E-state index contributed by atoms with van der Waals surface area (Å²) in [5.74, 6) is -0.452. The fourth-order valence-corrected chi connectivity index (χ4v) is 4.59. The molecule has 2 fully saturated rings. The zero-order valence-electron chi connectivity index (χ0n) is 17.0. The predicted octanol–water partition coefficient (Wildman–Crippen LogP) is 2.21. The number of fused-ring (bicyclic) bond motifs is 2. The van der Waals surface area contributed by atoms with Crippen molar-refractivity contribution in [3.63, 3.8) is 0 Å². The molecule has 2 aromatic heterocycles. The Labute approximate surface area is 179 Å². The van der Waals surface area contributed by atoms with Crippen molar-refractivity contribution in [3.05, 3.63) is 54.5 Å². The van der Waals surface area contributed by atoms with Gasteiger partial charge in [-0.15, -0.1) is 0 Å². The van der Waals surface area contributed by atoms with Crippen LogP contribution in [0.4, 0.5) is 0 Å². The summed E-state index contributed by atoms with van der Waals surface area (Å²) in [6.07, 6.45) is 6.87. The zero-order chi connectivity index (χ0) is 21.4. The monoisotopic (exact) mass is 417 g/mol. The van der Waals surface area contributed by atoms with E-state index >= 15 is 0 Å². The van der Waals surface area contributed by atoms with E-state index in [1.54, 1.807) is 12.5 Å². The standard InChI is InChI=1S/C23H23N5O3/c29-21(13-27-22(30)16-5-1-2-6-17(16)23(27)31)25-12-15-9-10-20(24-11-15)28-14-26-18-7-3-4-8-19(18)28/h3-4,7-11,14,16-17H,1-2,5-6,12-13H2,(H,25,29)/t16-,17-/m0/s1. The molecule has 0 bridgehead atoms. The number of amides is 3. The highest BCUT2D eigenvalue weighted by atomic mass is 16.2. The Morgan fingerprint density at radius 2 is 1.74 bits per heavy atom. The van der Waals surface area contributed by atoms with Gasteiger partial charge in [0.15, 0.2) is 0 Å². The Morgan fingerprint density at radius 3 is 2.45 bits per heavy atom. The average molecular weight is 417 g/mol. The number of benzene rings is 1. The summed E-state index contributed by atoms with van der Waals surface area (Å²) in [6, 6.07) is 11.6. The molecule has 3 aromatic rings. The van der Waals surface area contributed by atoms with Crippen LogP contribution < -0.4 is 5.32 Å². The van der Waals surface area contributed by atoms with E-state index in [0.717, 1.165) is 53.0 Å². The van der Waals surface area contributed by atoms with E-state index < -0.39 is 0 Å². The van der Waals surface area contributed by atoms with Crippen molar-refractivity contribution in [2.45, 2.75) is 32.2 Å². The molecule has 158 valence electrons. The summed E-state index contributed by atoms with van der Waals surface area (Å²) < 4.78 is 1.90. The lowest BCUT2D eigenvalue weighted by molar-refractivity contribution is -0.143. The van der Waals surface area contributed by atoms with Crippen LogP contribution in [0.5, 0.6) is 0 Å². The third-order valence-corrected chi connectivity index (χ3v) is 6.23. The molecule has 1 aliphatic heterocycles. The molecule has 2 atom stereocenters. The highest BCUT2D eigenvalue weighted by molar-refractivity contribution is 6.07. The number of hydrogen-bond acceptors (Lipinski definition) is 5. The molecule has 8 heteroatoms. The lowest BCUT2D eigenvalue weighted by Gasteiger charge is -2.19. The van der Waals surface area contributed by atoms with Gasteiger partial charge in [-0.05, 0) is 36.6 Å². The highest BCUT2D eigenvalue weighted by Crippen LogP contribution is 2.37. The van der Waals surface area contributed by atoms with Crippen LogP contribution in [0.25, 0.3) is 16.9 Å². The molecule has 0 spiro atoms. The summed E-state index contributed by atoms with van der Waals surface area (Å²) in [6.45, 7) is 0.0665. The highest BCUT2D eigenvalue weighted by Gasteiger charge is 2.48. The Balaban J connectivity index is 1.20. The number of nitrogens with zero attached hydrogens (tertiary/aromatic N) is 4. The first-order chi connectivity index (χ1) is 15.1. The summed E-state index contributed by atoms with van der Waals surface area (Å²) in [7, 11) is 0. The van der Waals surface area contributed by atoms with E-state index in [4.69, 9.17) is 0 Å². The zero-order valence-corrected chi connectivity index (χ0v) is 17.0. The SMILES string of the molecule is O=C(CN1C(=O)[C@H]2CCCC[C@@H]2C1=O)NCc1ccc(-n2cnc3ccccc32)nc1. The number of likely N-dealkylation sites (tertiary alicyclic amines) is 1. The Morgan fingerprint density at radius 1 is 1.00 bits per heavy atom. The molecular weight excluding hydrogens is 394 g/mol. The van der Waals surface area contributed by atoms with Gasteiger partial charge in [0.05, 0.1) is 22.9 Å². The van der Waals surface area contributed by atoms with Gasteiger partial charge in [-0.3, -0.25) is 23.9 Å². The summed E-state index contributed by atoms with van der Waals surface area (Å²) >= 11 is 0. The first kappa shape index (κ1) is 19.4. The van der Waals surface area contributed by atoms with E-state index in [0.29, 0.717) is 0 Å². The van der Waals surface area contributed by atoms with Gasteiger partial charge in [0, 0.05) is 12.7 Å². The second-order valence-corrected chi connectivity index (χ2v) is 8.16. The number of hydrogen-bond donors (Lipinski definition) is 1. The molecule has 31 heavy (non-hydrogen) atoms. The van der Waals surface area contributed by atoms with E-state index in [-0.39, 0.29) is 42.6 Å². The number of para-hydroxylation sites is 2. The van der Waals surface area contributed by atoms with Crippen LogP contribution in [0.15, 0.2) is 48.9 Å². The molecule has 3 heterocycles. The van der Waals surface area contributed by atoms with E-state index in [2.05, 4.69) is 15.3 Å². The first-order valence-electron chi connectivity index (χ1n) is 10.6. The van der Waals surface area contributed by atoms with Crippen molar-refractivity contribution in [1.29, 1.82) is 0 Å². The maximum absolute atomic E-state index is 12.5. The number of imidazole rings is 1. The molecule has 1 saturated carbocycles. The van der Waals surface area contributed by atoms with Crippen LogP contribution in [-0.2, 0) is 20.9 Å². The smallest absolute Gasteiger partial charge is 0.240 e. The van der Waals surface area contributed by atoms with E-state index in [1.807, 2.05) is 41.0 Å². The van der Waals surface area contributed by atoms with Crippen LogP contribution in [0.3, 0.4) is 0 Å². The molecule has 1 N–H and O–H groups in total. The molecule has 5 rings (SSSR count). The van der Waals surface area contributed by atoms with Gasteiger partial charge in [-0.1, -0.05) is 31.0 Å². The van der Waals surface area contributed by atoms with Crippen LogP contribution in [0.1, 0.15) is 31.2 Å². The van der Waals surface area contributed by atoms with Crippen molar-refractivity contribution in [1.82, 2.24) is 24.8 Å². The lowest BCUT2D eigenvalue weighted by Crippen LogP contribution is -2.40. The topological polar surface area (TPSA) is 97.2 Å². The molecule has 2 aliphatic rings. The van der Waals surface area contributed by atoms with Gasteiger partial charge in [0.1, 0.15) is 18.7 Å². The van der Waals surface area contributed by atoms with Gasteiger partial charge in [0.2, 0.25) is 17.7 Å². The van der Waals surface area contributed by atoms with Crippen LogP contribution in [-0.4, -0.2) is 43.7 Å². The maximum atomic E-state index is 12.5. The van der Waals surface area contributed by atoms with Crippen LogP contribution in [0, 0.1) is 11.8 Å². The molecule has 1 saturated heterocycles. The number of carbonyl (C=O) groups excluding carboxylic acids is 3. The van der Waals surface area contributed by atoms with Crippen molar-refractivity contribution in [3.8, 4) is 5.82 Å². The number of aromatic nitrogens is 3. The molecule has 0 unspecified atom stereocenters. The minimum atomic E-state index is -0.343. The Bertz CT molecular complexity index is 1130. The Kier molecular flexibility index (Phi) is 4.97. The minimum Gasteiger partial charge on any atom is -0.350 e. The third kappa shape index (κ3) is 3.58. The fraction of sp³-hybridized carbons (Fsp3) is 0.348. The quantitative estimate of drug-likeness (QED) is 0.642. The van der Waals surface area contributed by atoms with Crippen molar-refractivity contribution < 1.29 is 14.4 Å². The normalized spacial score (nSPS) is 20.8. The summed E-state index contributed by atoms with van der Waals surface area (Å²) in [5.41, 5.74) is 2.69. The number of carbonyl (C=O) groups is 3. The largest absolute Gasteiger partial charge is 0.350 e. The van der Waals surface area contributed by atoms with Gasteiger partial charge < -0.3 is 5.32 Å². The van der Waals surface area contributed by atoms with Crippen molar-refractivity contribution in [2.75, 3.05) is 6.54 Å². The van der Waals surface area contributed by atoms with Gasteiger partial charge in [-0.2, -0.15) is 0 Å². The van der Waals surface area contributed by atoms with Crippen molar-refractivity contribution >= 4 is 28.8 Å². The van der Waals surface area contributed by atoms with Crippen molar-refractivity contribution in [2.24, 2.45) is 11.8 Å². The van der Waals surface area contributed by atoms with Crippen LogP contribution in [0.2, 0.25) is 0 Å². The molecule has 3 amide bonds. The molecule has 1 aliphatic carbocycles. The third-order valence-electron chi connectivity index (χ3n) is 6.23. The number of pyridine rings is 1. The molecule has 8 nitrogen and oxygen atoms in total. The van der Waals surface area contributed by atoms with Gasteiger partial charge in [-0.25, -0.2) is 9.97 Å². The molecule has 1 aromatic carbocycles. The van der Waals surface area contributed by atoms with E-state index in [9.17, 15) is 14.4 Å². The Hall–Kier alpha value is -3.55. The van der Waals surface area contributed by atoms with E-state index in [1.165, 1.54) is 0 Å². The number of nitrogens with one attached hydrogen (secondary N) is 1. The fourth-order valence-electron chi connectivity index (χ4n) is 4.59. The van der Waals surface area contributed by atoms with Gasteiger partial charge in [0.25, 0.3) is 0 Å². The number of rotatable bonds is 5. The van der Waals surface area contributed by atoms with Crippen LogP contribution >= 0.6 is 0 Å². The first-order valence-corrected chi connectivity index (χ1v) is 10.6. The van der Waals surface area contributed by atoms with Gasteiger partial charge >= 0.3 is 0 Å². The number of imide groups is 1. The summed E-state index contributed by atoms with van der Waals surface area (Å²) in [5, 5.41) is 2.79. The second kappa shape index (κ2) is 7.94. The lowest BCUT2D eigenvalue weighted by atomic mass is 9.81. The average Bonchev–Trinajstić information content (AvgIpc) is 3.34. The summed E-state index contributed by atoms with van der Waals surface area (Å²) in [4.78, 5) is 47.4. The molecular formula is C23H23N5O3. The second-order valence-electron chi connectivity index (χ2n) is 8.16. The minimum absolute atomic E-state index is 0.191. The maximum Gasteiger partial charge on any atom is 0.240 e. The predicted molar refractivity (Wildman–Crippen MR) is 113 cm³/mol. The molecule has 0 radical (unpaired) electrons.